The van der Waals surface area contributed by atoms with Crippen LogP contribution in [0.1, 0.15) is 0 Å². The molecule has 1 aromatic carbocycles. The summed E-state index contributed by atoms with van der Waals surface area (Å²) in [6, 6.07) is 6.48. The Balaban J connectivity index is 2.65. The molecule has 0 saturated carbocycles. The van der Waals surface area contributed by atoms with Crippen LogP contribution in [0.5, 0.6) is 0 Å². The molecule has 7 nitrogen and oxygen atoms in total. The third-order valence-electron chi connectivity index (χ3n) is 2.24. The third-order valence-corrected chi connectivity index (χ3v) is 3.14. The second-order valence-electron chi connectivity index (χ2n) is 3.39. The van der Waals surface area contributed by atoms with Crippen LogP contribution in [0.2, 0.25) is 0 Å². The van der Waals surface area contributed by atoms with E-state index in [-0.39, 0.29) is 0 Å². The molecule has 0 aliphatic heterocycles. The number of nitrogens with zero attached hydrogens (tertiary/aromatic N) is 1. The fraction of sp³-hybridized carbons (Fsp3) is 0. The largest absolute Gasteiger partial charge is 0.464 e. The zero-order chi connectivity index (χ0) is 13.3. The van der Waals surface area contributed by atoms with Crippen LogP contribution in [0.25, 0.3) is 11.3 Å². The van der Waals surface area contributed by atoms with Crippen molar-refractivity contribution in [2.45, 2.75) is 4.90 Å². The average Bonchev–Trinajstić information content (AvgIpc) is 2.80. The number of furan rings is 1. The van der Waals surface area contributed by atoms with Crippen molar-refractivity contribution in [3.63, 3.8) is 0 Å². The van der Waals surface area contributed by atoms with Gasteiger partial charge in [-0.05, 0) is 24.3 Å². The van der Waals surface area contributed by atoms with Crippen LogP contribution in [0, 0.1) is 10.1 Å². The van der Waals surface area contributed by atoms with E-state index in [1.807, 2.05) is 0 Å². The van der Waals surface area contributed by atoms with Gasteiger partial charge in [0.15, 0.2) is 4.90 Å². The van der Waals surface area contributed by atoms with Crippen molar-refractivity contribution in [3.05, 3.63) is 46.7 Å². The van der Waals surface area contributed by atoms with Crippen molar-refractivity contribution in [2.24, 2.45) is 0 Å². The first kappa shape index (κ1) is 12.3. The molecule has 0 amide bonds. The quantitative estimate of drug-likeness (QED) is 0.519. The topological polar surface area (TPSA) is 111 Å². The molecule has 0 unspecified atom stereocenters. The van der Waals surface area contributed by atoms with Gasteiger partial charge in [0.05, 0.1) is 11.2 Å². The molecule has 1 heterocycles. The fourth-order valence-corrected chi connectivity index (χ4v) is 2.11. The fourth-order valence-electron chi connectivity index (χ4n) is 1.47. The predicted octanol–water partition coefficient (Wildman–Crippen LogP) is 2.10. The van der Waals surface area contributed by atoms with Crippen molar-refractivity contribution >= 4 is 15.8 Å². The first-order valence-corrected chi connectivity index (χ1v) is 6.13. The highest BCUT2D eigenvalue weighted by atomic mass is 32.2. The number of hydrogen-bond donors (Lipinski definition) is 1. The summed E-state index contributed by atoms with van der Waals surface area (Å²) in [5, 5.41) is 10.8. The highest BCUT2D eigenvalue weighted by Crippen LogP contribution is 2.30. The minimum absolute atomic E-state index is 0.346. The molecule has 0 fully saturated rings. The van der Waals surface area contributed by atoms with Crippen molar-refractivity contribution in [1.82, 2.24) is 0 Å². The summed E-state index contributed by atoms with van der Waals surface area (Å²) >= 11 is 0. The molecule has 2 aromatic rings. The molecule has 94 valence electrons. The molecule has 0 atom stereocenters. The molecular formula is C10H7NO6S. The molecule has 8 heteroatoms. The van der Waals surface area contributed by atoms with Crippen molar-refractivity contribution in [1.29, 1.82) is 0 Å². The Morgan fingerprint density at radius 1 is 1.28 bits per heavy atom. The van der Waals surface area contributed by atoms with Gasteiger partial charge in [0.2, 0.25) is 0 Å². The van der Waals surface area contributed by atoms with Crippen LogP contribution in [0.3, 0.4) is 0 Å². The first-order chi connectivity index (χ1) is 8.39. The standard InChI is InChI=1S/C10H7NO6S/c12-11(13)8-6-7(9-2-1-5-17-9)3-4-10(8)18(14,15)16/h1-6H,(H,14,15,16). The third kappa shape index (κ3) is 2.24. The van der Waals surface area contributed by atoms with E-state index in [4.69, 9.17) is 8.97 Å². The first-order valence-electron chi connectivity index (χ1n) is 4.69. The van der Waals surface area contributed by atoms with Crippen molar-refractivity contribution in [3.8, 4) is 11.3 Å². The molecule has 18 heavy (non-hydrogen) atoms. The van der Waals surface area contributed by atoms with Crippen LogP contribution in [-0.2, 0) is 10.1 Å². The summed E-state index contributed by atoms with van der Waals surface area (Å²) in [6.45, 7) is 0. The summed E-state index contributed by atoms with van der Waals surface area (Å²) in [5.41, 5.74) is -0.356. The maximum Gasteiger partial charge on any atom is 0.301 e. The normalized spacial score (nSPS) is 11.4. The number of nitro benzene ring substituents is 1. The van der Waals surface area contributed by atoms with E-state index in [0.717, 1.165) is 12.1 Å². The van der Waals surface area contributed by atoms with Gasteiger partial charge in [-0.2, -0.15) is 8.42 Å². The molecule has 1 aromatic heterocycles. The summed E-state index contributed by atoms with van der Waals surface area (Å²) in [6.07, 6.45) is 1.39. The Kier molecular flexibility index (Phi) is 2.89. The zero-order valence-corrected chi connectivity index (χ0v) is 9.62. The highest BCUT2D eigenvalue weighted by Gasteiger charge is 2.24. The lowest BCUT2D eigenvalue weighted by molar-refractivity contribution is -0.387. The maximum absolute atomic E-state index is 11.0. The van der Waals surface area contributed by atoms with Gasteiger partial charge in [-0.1, -0.05) is 0 Å². The summed E-state index contributed by atoms with van der Waals surface area (Å²) in [5.74, 6) is 0.361. The lowest BCUT2D eigenvalue weighted by Crippen LogP contribution is -2.03. The smallest absolute Gasteiger partial charge is 0.301 e. The molecular weight excluding hydrogens is 262 g/mol. The Morgan fingerprint density at radius 2 is 2.00 bits per heavy atom. The lowest BCUT2D eigenvalue weighted by atomic mass is 10.1. The second kappa shape index (κ2) is 4.24. The van der Waals surface area contributed by atoms with Gasteiger partial charge < -0.3 is 4.42 Å². The Morgan fingerprint density at radius 3 is 2.50 bits per heavy atom. The van der Waals surface area contributed by atoms with E-state index in [1.165, 1.54) is 12.3 Å². The van der Waals surface area contributed by atoms with E-state index in [0.29, 0.717) is 11.3 Å². The van der Waals surface area contributed by atoms with Gasteiger partial charge >= 0.3 is 10.1 Å². The molecule has 1 N–H and O–H groups in total. The Hall–Kier alpha value is -2.19. The molecule has 0 spiro atoms. The van der Waals surface area contributed by atoms with Gasteiger partial charge in [0.1, 0.15) is 5.76 Å². The second-order valence-corrected chi connectivity index (χ2v) is 4.78. The van der Waals surface area contributed by atoms with Crippen LogP contribution >= 0.6 is 0 Å². The number of benzene rings is 1. The zero-order valence-electron chi connectivity index (χ0n) is 8.81. The number of nitro groups is 1. The van der Waals surface area contributed by atoms with Crippen molar-refractivity contribution in [2.75, 3.05) is 0 Å². The summed E-state index contributed by atoms with van der Waals surface area (Å²) in [7, 11) is -4.64. The monoisotopic (exact) mass is 269 g/mol. The Bertz CT molecular complexity index is 689. The van der Waals surface area contributed by atoms with Crippen LogP contribution < -0.4 is 0 Å². The SMILES string of the molecule is O=[N+]([O-])c1cc(-c2ccco2)ccc1S(=O)(=O)O. The van der Waals surface area contributed by atoms with E-state index in [2.05, 4.69) is 0 Å². The molecule has 2 rings (SSSR count). The minimum atomic E-state index is -4.64. The molecule has 0 bridgehead atoms. The van der Waals surface area contributed by atoms with Crippen LogP contribution in [-0.4, -0.2) is 17.9 Å². The van der Waals surface area contributed by atoms with Crippen molar-refractivity contribution < 1.29 is 22.3 Å². The predicted molar refractivity (Wildman–Crippen MR) is 60.6 cm³/mol. The van der Waals surface area contributed by atoms with E-state index in [1.54, 1.807) is 12.1 Å². The average molecular weight is 269 g/mol. The molecule has 0 radical (unpaired) electrons. The minimum Gasteiger partial charge on any atom is -0.464 e. The number of rotatable bonds is 3. The van der Waals surface area contributed by atoms with Crippen LogP contribution in [0.4, 0.5) is 5.69 Å². The van der Waals surface area contributed by atoms with Gasteiger partial charge in [-0.3, -0.25) is 14.7 Å². The van der Waals surface area contributed by atoms with Gasteiger partial charge in [-0.15, -0.1) is 0 Å². The molecule has 0 aliphatic carbocycles. The summed E-state index contributed by atoms with van der Waals surface area (Å²) < 4.78 is 35.9. The van der Waals surface area contributed by atoms with Gasteiger partial charge in [-0.25, -0.2) is 0 Å². The van der Waals surface area contributed by atoms with Gasteiger partial charge in [0.25, 0.3) is 5.69 Å². The summed E-state index contributed by atoms with van der Waals surface area (Å²) in [4.78, 5) is 9.16. The number of hydrogen-bond acceptors (Lipinski definition) is 5. The highest BCUT2D eigenvalue weighted by molar-refractivity contribution is 7.86. The maximum atomic E-state index is 11.0. The lowest BCUT2D eigenvalue weighted by Gasteiger charge is -2.01. The molecule has 0 saturated heterocycles. The van der Waals surface area contributed by atoms with E-state index < -0.39 is 25.6 Å². The van der Waals surface area contributed by atoms with Crippen LogP contribution in [0.15, 0.2) is 45.9 Å². The Labute approximate surface area is 102 Å². The molecule has 0 aliphatic rings. The van der Waals surface area contributed by atoms with E-state index >= 15 is 0 Å². The van der Waals surface area contributed by atoms with Gasteiger partial charge in [0, 0.05) is 11.6 Å². The van der Waals surface area contributed by atoms with E-state index in [9.17, 15) is 18.5 Å².